The van der Waals surface area contributed by atoms with Crippen LogP contribution in [0.1, 0.15) is 49.2 Å². The second-order valence-corrected chi connectivity index (χ2v) is 9.03. The number of rotatable bonds is 5. The summed E-state index contributed by atoms with van der Waals surface area (Å²) in [4.78, 5) is 31.2. The topological polar surface area (TPSA) is 49.9 Å². The smallest absolute Gasteiger partial charge is 0.328 e. The second kappa shape index (κ2) is 9.94. The predicted molar refractivity (Wildman–Crippen MR) is 121 cm³/mol. The molecule has 1 saturated heterocycles. The van der Waals surface area contributed by atoms with Crippen molar-refractivity contribution in [2.24, 2.45) is 0 Å². The van der Waals surface area contributed by atoms with Gasteiger partial charge in [-0.25, -0.2) is 4.79 Å². The van der Waals surface area contributed by atoms with Crippen LogP contribution in [-0.4, -0.2) is 47.4 Å². The Morgan fingerprint density at radius 1 is 1.13 bits per heavy atom. The first-order valence-corrected chi connectivity index (χ1v) is 11.3. The van der Waals surface area contributed by atoms with Crippen molar-refractivity contribution in [1.82, 2.24) is 9.80 Å². The normalized spacial score (nSPS) is 18.3. The van der Waals surface area contributed by atoms with Gasteiger partial charge in [0.15, 0.2) is 6.10 Å². The average Bonchev–Trinajstić information content (AvgIpc) is 3.40. The molecule has 0 radical (unpaired) electrons. The molecule has 30 heavy (non-hydrogen) atoms. The number of halogens is 1. The maximum Gasteiger partial charge on any atom is 0.328 e. The fourth-order valence-electron chi connectivity index (χ4n) is 4.14. The number of hydrogen-bond donors (Lipinski definition) is 0. The van der Waals surface area contributed by atoms with Crippen LogP contribution < -0.4 is 0 Å². The van der Waals surface area contributed by atoms with Crippen molar-refractivity contribution in [2.45, 2.75) is 52.3 Å². The molecule has 2 aliphatic rings. The Morgan fingerprint density at radius 3 is 2.60 bits per heavy atom. The third-order valence-corrected chi connectivity index (χ3v) is 7.05. The highest BCUT2D eigenvalue weighted by molar-refractivity contribution is 7.10. The monoisotopic (exact) mass is 448 g/mol. The minimum absolute atomic E-state index is 0. The van der Waals surface area contributed by atoms with Crippen molar-refractivity contribution in [2.75, 3.05) is 19.6 Å². The van der Waals surface area contributed by atoms with Crippen molar-refractivity contribution in [3.8, 4) is 0 Å². The van der Waals surface area contributed by atoms with Gasteiger partial charge in [0.05, 0.1) is 0 Å². The number of ether oxygens (including phenoxy) is 1. The molecule has 1 aromatic carbocycles. The van der Waals surface area contributed by atoms with Crippen LogP contribution in [0.25, 0.3) is 0 Å². The van der Waals surface area contributed by atoms with Gasteiger partial charge in [-0.15, -0.1) is 11.3 Å². The van der Waals surface area contributed by atoms with E-state index in [1.54, 1.807) is 29.2 Å². The van der Waals surface area contributed by atoms with Crippen LogP contribution in [0.3, 0.4) is 0 Å². The summed E-state index contributed by atoms with van der Waals surface area (Å²) in [7, 11) is 0. The quantitative estimate of drug-likeness (QED) is 0.622. The first-order valence-electron chi connectivity index (χ1n) is 10.1. The molecule has 1 aromatic heterocycles. The number of carbonyl (C=O) groups excluding carboxylic acids is 2. The Morgan fingerprint density at radius 2 is 1.87 bits per heavy atom. The van der Waals surface area contributed by atoms with E-state index in [1.807, 2.05) is 18.2 Å². The average molecular weight is 449 g/mol. The standard InChI is InChI=1S/C22H25ClN2O3S.CH4/c1-15(21(26)24-10-4-5-11-24)28-22(27)20(17-6-2-3-7-18(17)23)25-12-8-19-16(14-25)9-13-29-19;/h2-3,6-7,9,13,15,20H,4-5,8,10-12,14H2,1H3;1H4/t15-,20+;/m1./s1. The van der Waals surface area contributed by atoms with Crippen molar-refractivity contribution < 1.29 is 14.3 Å². The molecule has 4 rings (SSSR count). The first kappa shape index (κ1) is 22.8. The largest absolute Gasteiger partial charge is 0.451 e. The number of nitrogens with zero attached hydrogens (tertiary/aromatic N) is 2. The molecule has 3 heterocycles. The van der Waals surface area contributed by atoms with E-state index in [1.165, 1.54) is 10.4 Å². The highest BCUT2D eigenvalue weighted by Crippen LogP contribution is 2.34. The van der Waals surface area contributed by atoms with E-state index in [0.29, 0.717) is 11.6 Å². The lowest BCUT2D eigenvalue weighted by Gasteiger charge is -2.34. The molecule has 162 valence electrons. The maximum absolute atomic E-state index is 13.3. The minimum atomic E-state index is -0.799. The highest BCUT2D eigenvalue weighted by Gasteiger charge is 2.35. The van der Waals surface area contributed by atoms with Gasteiger partial charge >= 0.3 is 5.97 Å². The van der Waals surface area contributed by atoms with Crippen LogP contribution in [-0.2, 0) is 27.3 Å². The Labute approximate surface area is 187 Å². The number of fused-ring (bicyclic) bond motifs is 1. The summed E-state index contributed by atoms with van der Waals surface area (Å²) in [5.74, 6) is -0.538. The van der Waals surface area contributed by atoms with Crippen molar-refractivity contribution >= 4 is 34.8 Å². The molecule has 0 saturated carbocycles. The fraction of sp³-hybridized carbons (Fsp3) is 0.478. The minimum Gasteiger partial charge on any atom is -0.451 e. The zero-order valence-corrected chi connectivity index (χ0v) is 18.0. The van der Waals surface area contributed by atoms with Gasteiger partial charge in [0.1, 0.15) is 6.04 Å². The summed E-state index contributed by atoms with van der Waals surface area (Å²) in [6, 6.07) is 8.85. The molecule has 0 bridgehead atoms. The number of thiophene rings is 1. The molecule has 0 N–H and O–H groups in total. The number of benzene rings is 1. The first-order chi connectivity index (χ1) is 14.0. The molecule has 0 spiro atoms. The van der Waals surface area contributed by atoms with Crippen LogP contribution in [0.2, 0.25) is 5.02 Å². The van der Waals surface area contributed by atoms with Crippen molar-refractivity contribution in [3.05, 3.63) is 56.7 Å². The zero-order valence-electron chi connectivity index (χ0n) is 16.5. The van der Waals surface area contributed by atoms with Gasteiger partial charge in [-0.05, 0) is 54.8 Å². The third-order valence-electron chi connectivity index (χ3n) is 5.68. The number of esters is 1. The van der Waals surface area contributed by atoms with Gasteiger partial charge in [0.25, 0.3) is 5.91 Å². The molecule has 0 unspecified atom stereocenters. The van der Waals surface area contributed by atoms with E-state index in [9.17, 15) is 9.59 Å². The second-order valence-electron chi connectivity index (χ2n) is 7.63. The molecule has 2 aliphatic heterocycles. The third kappa shape index (κ3) is 4.71. The summed E-state index contributed by atoms with van der Waals surface area (Å²) in [5, 5.41) is 2.62. The summed E-state index contributed by atoms with van der Waals surface area (Å²) >= 11 is 8.21. The highest BCUT2D eigenvalue weighted by atomic mass is 35.5. The molecule has 1 fully saturated rings. The summed E-state index contributed by atoms with van der Waals surface area (Å²) < 4.78 is 5.69. The molecular weight excluding hydrogens is 420 g/mol. The van der Waals surface area contributed by atoms with Crippen LogP contribution in [0.15, 0.2) is 35.7 Å². The lowest BCUT2D eigenvalue weighted by atomic mass is 10.0. The maximum atomic E-state index is 13.3. The van der Waals surface area contributed by atoms with E-state index >= 15 is 0 Å². The van der Waals surface area contributed by atoms with Gasteiger partial charge in [-0.1, -0.05) is 37.2 Å². The Balaban J connectivity index is 0.00000256. The van der Waals surface area contributed by atoms with Gasteiger partial charge in [-0.3, -0.25) is 9.69 Å². The van der Waals surface area contributed by atoms with Crippen LogP contribution in [0.4, 0.5) is 0 Å². The van der Waals surface area contributed by atoms with E-state index in [2.05, 4.69) is 16.3 Å². The molecule has 2 atom stereocenters. The predicted octanol–water partition coefficient (Wildman–Crippen LogP) is 4.69. The van der Waals surface area contributed by atoms with Crippen LogP contribution in [0.5, 0.6) is 0 Å². The van der Waals surface area contributed by atoms with Gasteiger partial charge in [0, 0.05) is 36.1 Å². The Bertz CT molecular complexity index is 894. The lowest BCUT2D eigenvalue weighted by Crippen LogP contribution is -2.42. The van der Waals surface area contributed by atoms with E-state index < -0.39 is 18.1 Å². The van der Waals surface area contributed by atoms with E-state index in [4.69, 9.17) is 16.3 Å². The zero-order chi connectivity index (χ0) is 20.4. The van der Waals surface area contributed by atoms with E-state index in [0.717, 1.165) is 44.5 Å². The number of carbonyl (C=O) groups is 2. The SMILES string of the molecule is C.C[C@@H](OC(=O)[C@H](c1ccccc1Cl)N1CCc2sccc2C1)C(=O)N1CCCC1. The van der Waals surface area contributed by atoms with Crippen molar-refractivity contribution in [1.29, 1.82) is 0 Å². The molecule has 5 nitrogen and oxygen atoms in total. The molecule has 1 amide bonds. The van der Waals surface area contributed by atoms with Gasteiger partial charge in [-0.2, -0.15) is 0 Å². The number of hydrogen-bond acceptors (Lipinski definition) is 5. The summed E-state index contributed by atoms with van der Waals surface area (Å²) in [6.07, 6.45) is 2.10. The van der Waals surface area contributed by atoms with E-state index in [-0.39, 0.29) is 13.3 Å². The Kier molecular flexibility index (Phi) is 7.55. The van der Waals surface area contributed by atoms with Crippen molar-refractivity contribution in [3.63, 3.8) is 0 Å². The molecular formula is C23H29ClN2O3S. The van der Waals surface area contributed by atoms with Gasteiger partial charge < -0.3 is 9.64 Å². The number of likely N-dealkylation sites (tertiary alicyclic amines) is 1. The van der Waals surface area contributed by atoms with Crippen LogP contribution >= 0.6 is 22.9 Å². The summed E-state index contributed by atoms with van der Waals surface area (Å²) in [6.45, 7) is 4.55. The van der Waals surface area contributed by atoms with Crippen LogP contribution in [0, 0.1) is 0 Å². The molecule has 7 heteroatoms. The number of amides is 1. The lowest BCUT2D eigenvalue weighted by molar-refractivity contribution is -0.163. The molecule has 0 aliphatic carbocycles. The fourth-order valence-corrected chi connectivity index (χ4v) is 5.27. The molecule has 2 aromatic rings. The Hall–Kier alpha value is -1.89. The van der Waals surface area contributed by atoms with Gasteiger partial charge in [0.2, 0.25) is 0 Å². The summed E-state index contributed by atoms with van der Waals surface area (Å²) in [5.41, 5.74) is 1.96.